The van der Waals surface area contributed by atoms with Gasteiger partial charge in [0.25, 0.3) is 0 Å². The second kappa shape index (κ2) is 7.81. The van der Waals surface area contributed by atoms with Gasteiger partial charge >= 0.3 is 6.09 Å². The van der Waals surface area contributed by atoms with E-state index in [1.807, 2.05) is 37.8 Å². The summed E-state index contributed by atoms with van der Waals surface area (Å²) >= 11 is 12.4. The molecule has 1 aromatic carbocycles. The van der Waals surface area contributed by atoms with Crippen LogP contribution in [0.2, 0.25) is 10.0 Å². The van der Waals surface area contributed by atoms with Crippen LogP contribution in [0.5, 0.6) is 0 Å². The molecular formula is C21H29Cl2NO3. The Balaban J connectivity index is 1.84. The van der Waals surface area contributed by atoms with E-state index in [4.69, 9.17) is 27.9 Å². The van der Waals surface area contributed by atoms with Crippen LogP contribution >= 0.6 is 23.2 Å². The molecule has 0 bridgehead atoms. The Labute approximate surface area is 171 Å². The number of hydrogen-bond acceptors (Lipinski definition) is 3. The molecule has 2 aliphatic rings. The molecule has 1 aliphatic carbocycles. The van der Waals surface area contributed by atoms with E-state index in [0.717, 1.165) is 32.1 Å². The zero-order valence-corrected chi connectivity index (χ0v) is 17.8. The first-order chi connectivity index (χ1) is 12.6. The molecule has 1 aromatic rings. The maximum atomic E-state index is 12.5. The molecule has 3 rings (SSSR count). The predicted molar refractivity (Wildman–Crippen MR) is 109 cm³/mol. The lowest BCUT2D eigenvalue weighted by atomic mass is 9.61. The van der Waals surface area contributed by atoms with Crippen LogP contribution in [0.1, 0.15) is 58.4 Å². The molecule has 0 radical (unpaired) electrons. The van der Waals surface area contributed by atoms with E-state index in [9.17, 15) is 9.90 Å². The Morgan fingerprint density at radius 1 is 1.19 bits per heavy atom. The van der Waals surface area contributed by atoms with Gasteiger partial charge < -0.3 is 14.7 Å². The average molecular weight is 414 g/mol. The number of ether oxygens (including phenoxy) is 1. The molecule has 1 atom stereocenters. The Kier molecular flexibility index (Phi) is 6.00. The molecule has 1 unspecified atom stereocenters. The minimum Gasteiger partial charge on any atom is -0.444 e. The molecule has 0 spiro atoms. The first-order valence-electron chi connectivity index (χ1n) is 9.72. The van der Waals surface area contributed by atoms with Gasteiger partial charge in [0.2, 0.25) is 0 Å². The third kappa shape index (κ3) is 4.55. The monoisotopic (exact) mass is 413 g/mol. The Morgan fingerprint density at radius 3 is 2.44 bits per heavy atom. The topological polar surface area (TPSA) is 49.8 Å². The van der Waals surface area contributed by atoms with Crippen LogP contribution in [0.15, 0.2) is 18.2 Å². The van der Waals surface area contributed by atoms with Gasteiger partial charge in [-0.2, -0.15) is 0 Å². The average Bonchev–Trinajstić information content (AvgIpc) is 3.08. The fourth-order valence-electron chi connectivity index (χ4n) is 4.56. The number of nitrogens with zero attached hydrogens (tertiary/aromatic N) is 1. The van der Waals surface area contributed by atoms with Crippen molar-refractivity contribution >= 4 is 29.3 Å². The zero-order valence-electron chi connectivity index (χ0n) is 16.3. The fourth-order valence-corrected chi connectivity index (χ4v) is 4.86. The summed E-state index contributed by atoms with van der Waals surface area (Å²) < 4.78 is 5.56. The van der Waals surface area contributed by atoms with Gasteiger partial charge in [-0.1, -0.05) is 29.3 Å². The van der Waals surface area contributed by atoms with E-state index in [1.54, 1.807) is 0 Å². The van der Waals surface area contributed by atoms with Gasteiger partial charge in [-0.15, -0.1) is 0 Å². The first kappa shape index (κ1) is 20.8. The maximum Gasteiger partial charge on any atom is 0.410 e. The summed E-state index contributed by atoms with van der Waals surface area (Å²) in [6.07, 6.45) is 3.74. The van der Waals surface area contributed by atoms with Crippen LogP contribution in [0.25, 0.3) is 0 Å². The van der Waals surface area contributed by atoms with Crippen LogP contribution in [-0.4, -0.2) is 40.9 Å². The Bertz CT molecular complexity index is 693. The number of benzene rings is 1. The van der Waals surface area contributed by atoms with E-state index in [1.165, 1.54) is 5.56 Å². The van der Waals surface area contributed by atoms with Crippen LogP contribution < -0.4 is 0 Å². The highest BCUT2D eigenvalue weighted by Gasteiger charge is 2.46. The van der Waals surface area contributed by atoms with Gasteiger partial charge in [0.15, 0.2) is 0 Å². The van der Waals surface area contributed by atoms with Crippen LogP contribution in [0.3, 0.4) is 0 Å². The summed E-state index contributed by atoms with van der Waals surface area (Å²) in [5.41, 5.74) is 0.579. The lowest BCUT2D eigenvalue weighted by Gasteiger charge is -2.44. The summed E-state index contributed by atoms with van der Waals surface area (Å²) in [6.45, 7) is 7.03. The predicted octanol–water partition coefficient (Wildman–Crippen LogP) is 5.42. The summed E-state index contributed by atoms with van der Waals surface area (Å²) in [5, 5.41) is 11.2. The highest BCUT2D eigenvalue weighted by Crippen LogP contribution is 2.49. The van der Waals surface area contributed by atoms with Crippen molar-refractivity contribution < 1.29 is 14.6 Å². The van der Waals surface area contributed by atoms with Crippen molar-refractivity contribution in [3.05, 3.63) is 33.8 Å². The van der Waals surface area contributed by atoms with Crippen molar-refractivity contribution in [1.29, 1.82) is 0 Å². The molecule has 1 saturated carbocycles. The maximum absolute atomic E-state index is 12.5. The van der Waals surface area contributed by atoms with E-state index >= 15 is 0 Å². The van der Waals surface area contributed by atoms with Crippen molar-refractivity contribution in [2.75, 3.05) is 13.1 Å². The molecule has 1 N–H and O–H groups in total. The number of likely N-dealkylation sites (tertiary alicyclic amines) is 1. The van der Waals surface area contributed by atoms with E-state index < -0.39 is 5.60 Å². The zero-order chi connectivity index (χ0) is 19.8. The number of rotatable bonds is 2. The second-order valence-electron chi connectivity index (χ2n) is 8.93. The highest BCUT2D eigenvalue weighted by atomic mass is 35.5. The molecule has 1 saturated heterocycles. The van der Waals surface area contributed by atoms with Crippen molar-refractivity contribution in [2.45, 2.75) is 70.0 Å². The SMILES string of the molecule is CC(C)(C)OC(=O)N1CCC([C@]2(c3ccc(Cl)c(Cl)c3)CC[C@@H](O)CC2)C1. The number of aliphatic hydroxyl groups excluding tert-OH is 1. The lowest BCUT2D eigenvalue weighted by molar-refractivity contribution is 0.0263. The minimum absolute atomic E-state index is 0.0930. The quantitative estimate of drug-likeness (QED) is 0.703. The van der Waals surface area contributed by atoms with Crippen molar-refractivity contribution in [3.8, 4) is 0 Å². The number of carbonyl (C=O) groups is 1. The highest BCUT2D eigenvalue weighted by molar-refractivity contribution is 6.42. The standard InChI is InChI=1S/C21H29Cl2NO3/c1-20(2,3)27-19(26)24-11-8-15(13-24)21(9-6-16(25)7-10-21)14-4-5-17(22)18(23)12-14/h4-5,12,15-16,25H,6-11,13H2,1-3H3/t15?,16-,21-. The van der Waals surface area contributed by atoms with E-state index in [-0.39, 0.29) is 17.6 Å². The number of halogens is 2. The smallest absolute Gasteiger partial charge is 0.410 e. The van der Waals surface area contributed by atoms with Gasteiger partial charge in [-0.05, 0) is 76.5 Å². The molecule has 1 heterocycles. The summed E-state index contributed by atoms with van der Waals surface area (Å²) in [5.74, 6) is 0.315. The first-order valence-corrected chi connectivity index (χ1v) is 10.5. The van der Waals surface area contributed by atoms with Gasteiger partial charge in [0, 0.05) is 18.5 Å². The van der Waals surface area contributed by atoms with Crippen LogP contribution in [0, 0.1) is 5.92 Å². The summed E-state index contributed by atoms with van der Waals surface area (Å²) in [4.78, 5) is 14.3. The number of amides is 1. The molecule has 2 fully saturated rings. The molecule has 1 amide bonds. The lowest BCUT2D eigenvalue weighted by Crippen LogP contribution is -2.42. The molecular weight excluding hydrogens is 385 g/mol. The molecule has 4 nitrogen and oxygen atoms in total. The van der Waals surface area contributed by atoms with Gasteiger partial charge in [-0.3, -0.25) is 0 Å². The van der Waals surface area contributed by atoms with Crippen molar-refractivity contribution in [2.24, 2.45) is 5.92 Å². The van der Waals surface area contributed by atoms with Crippen LogP contribution in [0.4, 0.5) is 4.79 Å². The number of aliphatic hydroxyl groups is 1. The van der Waals surface area contributed by atoms with Crippen molar-refractivity contribution in [3.63, 3.8) is 0 Å². The normalized spacial score (nSPS) is 29.0. The summed E-state index contributed by atoms with van der Waals surface area (Å²) in [7, 11) is 0. The Hall–Kier alpha value is -0.970. The molecule has 0 aromatic heterocycles. The van der Waals surface area contributed by atoms with Gasteiger partial charge in [-0.25, -0.2) is 4.79 Å². The third-order valence-electron chi connectivity index (χ3n) is 5.96. The van der Waals surface area contributed by atoms with E-state index in [2.05, 4.69) is 6.07 Å². The molecule has 27 heavy (non-hydrogen) atoms. The number of carbonyl (C=O) groups excluding carboxylic acids is 1. The van der Waals surface area contributed by atoms with Crippen LogP contribution in [-0.2, 0) is 10.2 Å². The minimum atomic E-state index is -0.495. The second-order valence-corrected chi connectivity index (χ2v) is 9.74. The third-order valence-corrected chi connectivity index (χ3v) is 6.70. The molecule has 1 aliphatic heterocycles. The largest absolute Gasteiger partial charge is 0.444 e. The van der Waals surface area contributed by atoms with E-state index in [0.29, 0.717) is 29.1 Å². The van der Waals surface area contributed by atoms with Gasteiger partial charge in [0.1, 0.15) is 5.60 Å². The number of hydrogen-bond donors (Lipinski definition) is 1. The van der Waals surface area contributed by atoms with Crippen molar-refractivity contribution in [1.82, 2.24) is 4.90 Å². The molecule has 150 valence electrons. The Morgan fingerprint density at radius 2 is 1.85 bits per heavy atom. The van der Waals surface area contributed by atoms with Gasteiger partial charge in [0.05, 0.1) is 16.1 Å². The molecule has 6 heteroatoms. The fraction of sp³-hybridized carbons (Fsp3) is 0.667. The summed E-state index contributed by atoms with van der Waals surface area (Å²) in [6, 6.07) is 5.88.